The highest BCUT2D eigenvalue weighted by atomic mass is 14.3. The van der Waals surface area contributed by atoms with Gasteiger partial charge in [-0.25, -0.2) is 0 Å². The van der Waals surface area contributed by atoms with Gasteiger partial charge in [-0.1, -0.05) is 30.4 Å². The van der Waals surface area contributed by atoms with Crippen LogP contribution < -0.4 is 0 Å². The van der Waals surface area contributed by atoms with Crippen LogP contribution in [0.25, 0.3) is 0 Å². The summed E-state index contributed by atoms with van der Waals surface area (Å²) in [5, 5.41) is 0. The first kappa shape index (κ1) is 5.59. The van der Waals surface area contributed by atoms with Crippen LogP contribution >= 0.6 is 0 Å². The maximum atomic E-state index is 2.31. The zero-order chi connectivity index (χ0) is 7.26. The van der Waals surface area contributed by atoms with Crippen LogP contribution in [0, 0.1) is 5.92 Å². The van der Waals surface area contributed by atoms with Crippen molar-refractivity contribution in [3.05, 3.63) is 47.1 Å². The molecule has 0 fully saturated rings. The SMILES string of the molecule is C1=CC2C=CC3=C2C(=C1)CC3. The molecule has 0 saturated carbocycles. The highest BCUT2D eigenvalue weighted by Gasteiger charge is 2.27. The molecule has 1 atom stereocenters. The summed E-state index contributed by atoms with van der Waals surface area (Å²) < 4.78 is 0. The second-order valence-corrected chi connectivity index (χ2v) is 3.40. The van der Waals surface area contributed by atoms with Crippen molar-refractivity contribution in [3.63, 3.8) is 0 Å². The minimum absolute atomic E-state index is 0.632. The standard InChI is InChI=1S/C11H10/c1-2-8-4-6-10-7-5-9(3-1)11(8)10/h1-4,6,8H,5,7H2. The minimum Gasteiger partial charge on any atom is -0.0732 e. The second-order valence-electron chi connectivity index (χ2n) is 3.40. The van der Waals surface area contributed by atoms with Crippen LogP contribution in [0.15, 0.2) is 47.1 Å². The quantitative estimate of drug-likeness (QED) is 0.488. The lowest BCUT2D eigenvalue weighted by atomic mass is 9.92. The summed E-state index contributed by atoms with van der Waals surface area (Å²) in [6.45, 7) is 0. The molecule has 0 saturated heterocycles. The molecule has 1 unspecified atom stereocenters. The monoisotopic (exact) mass is 142 g/mol. The van der Waals surface area contributed by atoms with Gasteiger partial charge in [-0.3, -0.25) is 0 Å². The van der Waals surface area contributed by atoms with Crippen LogP contribution in [0.5, 0.6) is 0 Å². The Morgan fingerprint density at radius 3 is 3.18 bits per heavy atom. The van der Waals surface area contributed by atoms with Gasteiger partial charge in [-0.05, 0) is 29.6 Å². The Morgan fingerprint density at radius 2 is 2.18 bits per heavy atom. The molecule has 11 heavy (non-hydrogen) atoms. The van der Waals surface area contributed by atoms with Crippen molar-refractivity contribution in [1.82, 2.24) is 0 Å². The third-order valence-electron chi connectivity index (χ3n) is 2.81. The first-order valence-electron chi connectivity index (χ1n) is 4.24. The van der Waals surface area contributed by atoms with Gasteiger partial charge in [0.25, 0.3) is 0 Å². The molecule has 0 aliphatic heterocycles. The molecular weight excluding hydrogens is 132 g/mol. The fourth-order valence-electron chi connectivity index (χ4n) is 2.29. The van der Waals surface area contributed by atoms with Crippen LogP contribution in [-0.2, 0) is 0 Å². The highest BCUT2D eigenvalue weighted by molar-refractivity contribution is 5.57. The first-order chi connectivity index (χ1) is 5.45. The molecule has 54 valence electrons. The van der Waals surface area contributed by atoms with Gasteiger partial charge < -0.3 is 0 Å². The summed E-state index contributed by atoms with van der Waals surface area (Å²) >= 11 is 0. The van der Waals surface area contributed by atoms with E-state index in [1.54, 1.807) is 16.7 Å². The lowest BCUT2D eigenvalue weighted by Crippen LogP contribution is -1.98. The van der Waals surface area contributed by atoms with E-state index in [9.17, 15) is 0 Å². The van der Waals surface area contributed by atoms with Crippen molar-refractivity contribution < 1.29 is 0 Å². The van der Waals surface area contributed by atoms with E-state index in [4.69, 9.17) is 0 Å². The summed E-state index contributed by atoms with van der Waals surface area (Å²) in [6.07, 6.45) is 13.9. The molecule has 0 bridgehead atoms. The molecule has 0 heterocycles. The maximum absolute atomic E-state index is 2.31. The summed E-state index contributed by atoms with van der Waals surface area (Å²) in [6, 6.07) is 0. The maximum Gasteiger partial charge on any atom is 0.0210 e. The molecule has 3 aliphatic rings. The third kappa shape index (κ3) is 0.597. The van der Waals surface area contributed by atoms with Gasteiger partial charge in [0.1, 0.15) is 0 Å². The molecule has 0 amide bonds. The zero-order valence-electron chi connectivity index (χ0n) is 6.38. The van der Waals surface area contributed by atoms with Gasteiger partial charge in [0.15, 0.2) is 0 Å². The molecule has 3 rings (SSSR count). The molecule has 0 radical (unpaired) electrons. The first-order valence-corrected chi connectivity index (χ1v) is 4.24. The van der Waals surface area contributed by atoms with E-state index in [0.29, 0.717) is 5.92 Å². The van der Waals surface area contributed by atoms with E-state index in [1.807, 2.05) is 0 Å². The summed E-state index contributed by atoms with van der Waals surface area (Å²) in [7, 11) is 0. The van der Waals surface area contributed by atoms with Crippen molar-refractivity contribution in [2.75, 3.05) is 0 Å². The fraction of sp³-hybridized carbons (Fsp3) is 0.273. The molecule has 0 aromatic carbocycles. The van der Waals surface area contributed by atoms with E-state index in [1.165, 1.54) is 12.8 Å². The predicted octanol–water partition coefficient (Wildman–Crippen LogP) is 2.76. The van der Waals surface area contributed by atoms with E-state index in [0.717, 1.165) is 0 Å². The highest BCUT2D eigenvalue weighted by Crippen LogP contribution is 2.43. The van der Waals surface area contributed by atoms with E-state index in [-0.39, 0.29) is 0 Å². The average Bonchev–Trinajstić information content (AvgIpc) is 2.60. The van der Waals surface area contributed by atoms with Gasteiger partial charge in [0, 0.05) is 5.92 Å². The zero-order valence-corrected chi connectivity index (χ0v) is 6.38. The predicted molar refractivity (Wildman–Crippen MR) is 46.1 cm³/mol. The smallest absolute Gasteiger partial charge is 0.0210 e. The third-order valence-corrected chi connectivity index (χ3v) is 2.81. The van der Waals surface area contributed by atoms with E-state index >= 15 is 0 Å². The summed E-state index contributed by atoms with van der Waals surface area (Å²) in [5.41, 5.74) is 4.79. The number of allylic oxidation sites excluding steroid dienone is 8. The van der Waals surface area contributed by atoms with Crippen molar-refractivity contribution in [2.45, 2.75) is 12.8 Å². The van der Waals surface area contributed by atoms with Crippen molar-refractivity contribution in [1.29, 1.82) is 0 Å². The second kappa shape index (κ2) is 1.76. The van der Waals surface area contributed by atoms with Crippen LogP contribution in [0.2, 0.25) is 0 Å². The minimum atomic E-state index is 0.632. The van der Waals surface area contributed by atoms with Crippen LogP contribution in [0.3, 0.4) is 0 Å². The van der Waals surface area contributed by atoms with Crippen molar-refractivity contribution >= 4 is 0 Å². The number of hydrogen-bond donors (Lipinski definition) is 0. The average molecular weight is 142 g/mol. The molecule has 0 aromatic heterocycles. The fourth-order valence-corrected chi connectivity index (χ4v) is 2.29. The van der Waals surface area contributed by atoms with Gasteiger partial charge >= 0.3 is 0 Å². The Kier molecular flexibility index (Phi) is 0.894. The van der Waals surface area contributed by atoms with Gasteiger partial charge in [0.2, 0.25) is 0 Å². The summed E-state index contributed by atoms with van der Waals surface area (Å²) in [5.74, 6) is 0.632. The number of rotatable bonds is 0. The topological polar surface area (TPSA) is 0 Å². The summed E-state index contributed by atoms with van der Waals surface area (Å²) in [4.78, 5) is 0. The normalized spacial score (nSPS) is 31.3. The molecule has 0 aromatic rings. The largest absolute Gasteiger partial charge is 0.0732 e. The van der Waals surface area contributed by atoms with Crippen molar-refractivity contribution in [3.8, 4) is 0 Å². The molecule has 0 N–H and O–H groups in total. The molecular formula is C11H10. The lowest BCUT2D eigenvalue weighted by Gasteiger charge is -2.12. The van der Waals surface area contributed by atoms with Crippen LogP contribution in [0.1, 0.15) is 12.8 Å². The molecule has 0 heteroatoms. The Hall–Kier alpha value is -1.04. The van der Waals surface area contributed by atoms with Crippen molar-refractivity contribution in [2.24, 2.45) is 5.92 Å². The molecule has 0 spiro atoms. The Balaban J connectivity index is 2.24. The van der Waals surface area contributed by atoms with Gasteiger partial charge in [-0.15, -0.1) is 0 Å². The Morgan fingerprint density at radius 1 is 1.18 bits per heavy atom. The van der Waals surface area contributed by atoms with Gasteiger partial charge in [0.05, 0.1) is 0 Å². The van der Waals surface area contributed by atoms with E-state index in [2.05, 4.69) is 30.4 Å². The number of hydrogen-bond acceptors (Lipinski definition) is 0. The Labute approximate surface area is 66.6 Å². The Bertz CT molecular complexity index is 324. The molecule has 0 nitrogen and oxygen atoms in total. The van der Waals surface area contributed by atoms with Gasteiger partial charge in [-0.2, -0.15) is 0 Å². The van der Waals surface area contributed by atoms with Crippen LogP contribution in [-0.4, -0.2) is 0 Å². The lowest BCUT2D eigenvalue weighted by molar-refractivity contribution is 0.957. The molecule has 3 aliphatic carbocycles. The van der Waals surface area contributed by atoms with Crippen LogP contribution in [0.4, 0.5) is 0 Å². The van der Waals surface area contributed by atoms with E-state index < -0.39 is 0 Å².